The van der Waals surface area contributed by atoms with Crippen LogP contribution in [0, 0.1) is 0 Å². The van der Waals surface area contributed by atoms with Crippen LogP contribution < -0.4 is 5.48 Å². The third-order valence-corrected chi connectivity index (χ3v) is 5.32. The highest BCUT2D eigenvalue weighted by Crippen LogP contribution is 2.30. The van der Waals surface area contributed by atoms with Crippen molar-refractivity contribution < 1.29 is 32.6 Å². The second-order valence-corrected chi connectivity index (χ2v) is 7.61. The number of rotatable bonds is 9. The van der Waals surface area contributed by atoms with Crippen LogP contribution in [-0.4, -0.2) is 41.0 Å². The van der Waals surface area contributed by atoms with Crippen LogP contribution in [0.1, 0.15) is 18.4 Å². The first-order valence-corrected chi connectivity index (χ1v) is 9.85. The maximum absolute atomic E-state index is 12.1. The molecule has 30 heavy (non-hydrogen) atoms. The number of piperidine rings is 1. The van der Waals surface area contributed by atoms with E-state index in [0.29, 0.717) is 12.8 Å². The fourth-order valence-corrected chi connectivity index (χ4v) is 3.82. The van der Waals surface area contributed by atoms with E-state index in [0.717, 1.165) is 29.6 Å². The molecule has 6 nitrogen and oxygen atoms in total. The normalized spacial score (nSPS) is 15.7. The SMILES string of the molecule is C=C(/C=C\C(=C)OC(F)(F)F)OC1CCN(Sc2ccccc2CC(=O)NO)CC1. The molecule has 0 unspecified atom stereocenters. The van der Waals surface area contributed by atoms with Crippen LogP contribution in [0.25, 0.3) is 0 Å². The van der Waals surface area contributed by atoms with Crippen LogP contribution in [0.15, 0.2) is 66.0 Å². The molecule has 1 aromatic carbocycles. The minimum atomic E-state index is -4.78. The molecular weight excluding hydrogens is 421 g/mol. The minimum absolute atomic E-state index is 0.0781. The number of benzene rings is 1. The zero-order chi connectivity index (χ0) is 22.1. The van der Waals surface area contributed by atoms with Gasteiger partial charge >= 0.3 is 6.36 Å². The average molecular weight is 444 g/mol. The van der Waals surface area contributed by atoms with Gasteiger partial charge in [-0.25, -0.2) is 9.79 Å². The molecular formula is C20H23F3N2O4S. The minimum Gasteiger partial charge on any atom is -0.491 e. The summed E-state index contributed by atoms with van der Waals surface area (Å²) in [6.45, 7) is 8.29. The molecule has 0 aliphatic carbocycles. The van der Waals surface area contributed by atoms with Crippen molar-refractivity contribution in [2.24, 2.45) is 0 Å². The lowest BCUT2D eigenvalue weighted by molar-refractivity contribution is -0.303. The molecule has 2 N–H and O–H groups in total. The lowest BCUT2D eigenvalue weighted by atomic mass is 10.1. The molecule has 1 fully saturated rings. The molecule has 2 rings (SSSR count). The number of nitrogens with zero attached hydrogens (tertiary/aromatic N) is 1. The van der Waals surface area contributed by atoms with Crippen molar-refractivity contribution in [1.82, 2.24) is 9.79 Å². The number of halogens is 3. The molecule has 0 bridgehead atoms. The molecule has 164 valence electrons. The Labute approximate surface area is 177 Å². The van der Waals surface area contributed by atoms with Gasteiger partial charge in [0, 0.05) is 18.0 Å². The largest absolute Gasteiger partial charge is 0.573 e. The van der Waals surface area contributed by atoms with Crippen LogP contribution in [0.2, 0.25) is 0 Å². The fraction of sp³-hybridized carbons (Fsp3) is 0.350. The van der Waals surface area contributed by atoms with Gasteiger partial charge in [0.25, 0.3) is 0 Å². The molecule has 0 atom stereocenters. The second-order valence-electron chi connectivity index (χ2n) is 6.47. The van der Waals surface area contributed by atoms with Crippen molar-refractivity contribution in [3.05, 3.63) is 66.7 Å². The van der Waals surface area contributed by atoms with Crippen LogP contribution in [0.5, 0.6) is 0 Å². The summed E-state index contributed by atoms with van der Waals surface area (Å²) in [5, 5.41) is 8.72. The molecule has 0 radical (unpaired) electrons. The Bertz CT molecular complexity index is 791. The van der Waals surface area contributed by atoms with Crippen LogP contribution >= 0.6 is 11.9 Å². The molecule has 1 aliphatic rings. The number of hydrogen-bond donors (Lipinski definition) is 2. The Morgan fingerprint density at radius 2 is 1.87 bits per heavy atom. The van der Waals surface area contributed by atoms with E-state index in [2.05, 4.69) is 22.2 Å². The van der Waals surface area contributed by atoms with Gasteiger partial charge in [-0.3, -0.25) is 10.0 Å². The third-order valence-electron chi connectivity index (χ3n) is 4.10. The highest BCUT2D eigenvalue weighted by molar-refractivity contribution is 7.97. The second kappa shape index (κ2) is 11.1. The van der Waals surface area contributed by atoms with Gasteiger partial charge in [-0.1, -0.05) is 31.4 Å². The highest BCUT2D eigenvalue weighted by atomic mass is 32.2. The molecule has 1 aliphatic heterocycles. The van der Waals surface area contributed by atoms with Gasteiger partial charge in [-0.05, 0) is 48.6 Å². The third kappa shape index (κ3) is 8.52. The van der Waals surface area contributed by atoms with Crippen molar-refractivity contribution in [2.45, 2.75) is 36.6 Å². The molecule has 1 heterocycles. The standard InChI is InChI=1S/C20H23F3N2O4S/c1-14(7-8-15(2)29-20(21,22)23)28-17-9-11-25(12-10-17)30-18-6-4-3-5-16(18)13-19(26)24-27/h3-8,17,27H,1-2,9-13H2,(H,24,26)/b8-7-. The number of amides is 1. The quantitative estimate of drug-likeness (QED) is 0.194. The molecule has 0 saturated carbocycles. The Morgan fingerprint density at radius 3 is 2.50 bits per heavy atom. The van der Waals surface area contributed by atoms with Gasteiger partial charge in [-0.15, -0.1) is 13.2 Å². The number of allylic oxidation sites excluding steroid dienone is 2. The van der Waals surface area contributed by atoms with Gasteiger partial charge in [-0.2, -0.15) is 0 Å². The Balaban J connectivity index is 1.80. The van der Waals surface area contributed by atoms with E-state index in [4.69, 9.17) is 9.94 Å². The summed E-state index contributed by atoms with van der Waals surface area (Å²) in [4.78, 5) is 12.4. The summed E-state index contributed by atoms with van der Waals surface area (Å²) in [5.41, 5.74) is 2.45. The van der Waals surface area contributed by atoms with Gasteiger partial charge in [0.05, 0.1) is 6.42 Å². The van der Waals surface area contributed by atoms with Crippen LogP contribution in [0.3, 0.4) is 0 Å². The smallest absolute Gasteiger partial charge is 0.491 e. The fourth-order valence-electron chi connectivity index (χ4n) is 2.75. The number of alkyl halides is 3. The van der Waals surface area contributed by atoms with Crippen LogP contribution in [-0.2, 0) is 20.7 Å². The summed E-state index contributed by atoms with van der Waals surface area (Å²) in [5.74, 6) is -0.801. The van der Waals surface area contributed by atoms with Gasteiger partial charge in [0.15, 0.2) is 0 Å². The highest BCUT2D eigenvalue weighted by Gasteiger charge is 2.31. The first-order chi connectivity index (χ1) is 14.2. The summed E-state index contributed by atoms with van der Waals surface area (Å²) >= 11 is 1.53. The van der Waals surface area contributed by atoms with E-state index < -0.39 is 18.0 Å². The molecule has 1 aromatic rings. The van der Waals surface area contributed by atoms with E-state index in [-0.39, 0.29) is 18.3 Å². The number of nitrogens with one attached hydrogen (secondary N) is 1. The molecule has 1 amide bonds. The zero-order valence-electron chi connectivity index (χ0n) is 16.2. The predicted octanol–water partition coefficient (Wildman–Crippen LogP) is 4.34. The number of carbonyl (C=O) groups excluding carboxylic acids is 1. The Morgan fingerprint density at radius 1 is 1.23 bits per heavy atom. The predicted molar refractivity (Wildman–Crippen MR) is 106 cm³/mol. The first kappa shape index (κ1) is 23.8. The van der Waals surface area contributed by atoms with E-state index in [1.807, 2.05) is 24.3 Å². The molecule has 10 heteroatoms. The number of hydroxylamine groups is 1. The van der Waals surface area contributed by atoms with Crippen molar-refractivity contribution >= 4 is 17.9 Å². The van der Waals surface area contributed by atoms with Crippen molar-refractivity contribution in [3.8, 4) is 0 Å². The van der Waals surface area contributed by atoms with Crippen molar-refractivity contribution in [2.75, 3.05) is 13.1 Å². The van der Waals surface area contributed by atoms with E-state index in [1.54, 1.807) is 5.48 Å². The topological polar surface area (TPSA) is 71.0 Å². The summed E-state index contributed by atoms with van der Waals surface area (Å²) in [7, 11) is 0. The number of hydrogen-bond acceptors (Lipinski definition) is 6. The van der Waals surface area contributed by atoms with Gasteiger partial charge < -0.3 is 9.47 Å². The van der Waals surface area contributed by atoms with Crippen LogP contribution in [0.4, 0.5) is 13.2 Å². The van der Waals surface area contributed by atoms with Crippen molar-refractivity contribution in [3.63, 3.8) is 0 Å². The molecule has 1 saturated heterocycles. The Hall–Kier alpha value is -2.43. The monoisotopic (exact) mass is 444 g/mol. The summed E-state index contributed by atoms with van der Waals surface area (Å²) in [6.07, 6.45) is -1.05. The van der Waals surface area contributed by atoms with Crippen molar-refractivity contribution in [1.29, 1.82) is 0 Å². The molecule has 0 aromatic heterocycles. The first-order valence-electron chi connectivity index (χ1n) is 9.08. The summed E-state index contributed by atoms with van der Waals surface area (Å²) < 4.78 is 47.8. The zero-order valence-corrected chi connectivity index (χ0v) is 17.0. The lowest BCUT2D eigenvalue weighted by Crippen LogP contribution is -2.32. The maximum atomic E-state index is 12.1. The number of ether oxygens (including phenoxy) is 2. The van der Waals surface area contributed by atoms with E-state index in [1.165, 1.54) is 18.0 Å². The number of carbonyl (C=O) groups is 1. The molecule has 0 spiro atoms. The average Bonchev–Trinajstić information content (AvgIpc) is 2.68. The van der Waals surface area contributed by atoms with Gasteiger partial charge in [0.1, 0.15) is 17.6 Å². The van der Waals surface area contributed by atoms with E-state index in [9.17, 15) is 18.0 Å². The van der Waals surface area contributed by atoms with Gasteiger partial charge in [0.2, 0.25) is 5.91 Å². The van der Waals surface area contributed by atoms with E-state index >= 15 is 0 Å². The summed E-state index contributed by atoms with van der Waals surface area (Å²) in [6, 6.07) is 7.46. The Kier molecular flexibility index (Phi) is 8.82. The maximum Gasteiger partial charge on any atom is 0.573 e. The lowest BCUT2D eigenvalue weighted by Gasteiger charge is -2.31.